The number of esters is 1. The first-order valence-corrected chi connectivity index (χ1v) is 11.1. The molecule has 2 aromatic rings. The molecule has 0 aliphatic rings. The van der Waals surface area contributed by atoms with Crippen molar-refractivity contribution in [2.75, 3.05) is 18.8 Å². The van der Waals surface area contributed by atoms with Crippen LogP contribution in [0.1, 0.15) is 47.3 Å². The predicted molar refractivity (Wildman–Crippen MR) is 113 cm³/mol. The maximum atomic E-state index is 12.0. The highest BCUT2D eigenvalue weighted by molar-refractivity contribution is 7.98. The quantitative estimate of drug-likeness (QED) is 0.448. The van der Waals surface area contributed by atoms with Crippen molar-refractivity contribution in [1.29, 1.82) is 0 Å². The summed E-state index contributed by atoms with van der Waals surface area (Å²) in [6, 6.07) is 14.5. The zero-order valence-corrected chi connectivity index (χ0v) is 17.6. The molecule has 0 unspecified atom stereocenters. The predicted octanol–water partition coefficient (Wildman–Crippen LogP) is 5.16. The third kappa shape index (κ3) is 8.39. The van der Waals surface area contributed by atoms with E-state index in [2.05, 4.69) is 35.6 Å². The molecule has 0 fully saturated rings. The third-order valence-electron chi connectivity index (χ3n) is 3.57. The Morgan fingerprint density at radius 3 is 2.62 bits per heavy atom. The second-order valence-corrected chi connectivity index (χ2v) is 9.43. The fraction of sp³-hybridized carbons (Fsp3) is 0.476. The molecule has 2 rings (SSSR count). The van der Waals surface area contributed by atoms with Gasteiger partial charge in [-0.3, -0.25) is 0 Å². The normalized spacial score (nSPS) is 11.5. The number of aryl methyl sites for hydroxylation is 1. The molecule has 0 aliphatic carbocycles. The molecular weight excluding hydrogens is 362 g/mol. The van der Waals surface area contributed by atoms with E-state index in [1.54, 1.807) is 11.3 Å². The first-order chi connectivity index (χ1) is 12.4. The SMILES string of the molecule is CC(C)(C)OC(=O)c1ccc(CCCNCCSCc2ccccc2)s1. The third-order valence-corrected chi connectivity index (χ3v) is 5.73. The van der Waals surface area contributed by atoms with Gasteiger partial charge in [0, 0.05) is 22.9 Å². The van der Waals surface area contributed by atoms with Crippen LogP contribution in [0.5, 0.6) is 0 Å². The average molecular weight is 392 g/mol. The first-order valence-electron chi connectivity index (χ1n) is 9.08. The zero-order chi connectivity index (χ0) is 18.8. The molecule has 0 saturated carbocycles. The number of nitrogens with one attached hydrogen (secondary N) is 1. The van der Waals surface area contributed by atoms with Crippen molar-refractivity contribution < 1.29 is 9.53 Å². The number of hydrogen-bond donors (Lipinski definition) is 1. The topological polar surface area (TPSA) is 38.3 Å². The fourth-order valence-electron chi connectivity index (χ4n) is 2.37. The summed E-state index contributed by atoms with van der Waals surface area (Å²) in [6.45, 7) is 7.71. The Morgan fingerprint density at radius 1 is 1.12 bits per heavy atom. The number of rotatable bonds is 10. The largest absolute Gasteiger partial charge is 0.456 e. The van der Waals surface area contributed by atoms with Gasteiger partial charge in [0.15, 0.2) is 0 Å². The van der Waals surface area contributed by atoms with Crippen LogP contribution in [0.4, 0.5) is 0 Å². The molecule has 26 heavy (non-hydrogen) atoms. The molecule has 1 aromatic carbocycles. The molecule has 1 N–H and O–H groups in total. The van der Waals surface area contributed by atoms with Crippen molar-refractivity contribution in [3.05, 3.63) is 57.8 Å². The minimum absolute atomic E-state index is 0.220. The van der Waals surface area contributed by atoms with E-state index >= 15 is 0 Å². The van der Waals surface area contributed by atoms with Gasteiger partial charge in [-0.25, -0.2) is 4.79 Å². The number of benzene rings is 1. The van der Waals surface area contributed by atoms with E-state index in [1.165, 1.54) is 10.4 Å². The van der Waals surface area contributed by atoms with Gasteiger partial charge < -0.3 is 10.1 Å². The van der Waals surface area contributed by atoms with Gasteiger partial charge in [-0.15, -0.1) is 11.3 Å². The lowest BCUT2D eigenvalue weighted by Crippen LogP contribution is -2.23. The number of carbonyl (C=O) groups excluding carboxylic acids is 1. The van der Waals surface area contributed by atoms with Crippen LogP contribution in [0.2, 0.25) is 0 Å². The van der Waals surface area contributed by atoms with Crippen molar-refractivity contribution in [3.63, 3.8) is 0 Å². The summed E-state index contributed by atoms with van der Waals surface area (Å²) in [5, 5.41) is 3.49. The molecule has 0 amide bonds. The number of thiophene rings is 1. The van der Waals surface area contributed by atoms with E-state index in [0.29, 0.717) is 4.88 Å². The van der Waals surface area contributed by atoms with Crippen molar-refractivity contribution in [2.45, 2.75) is 45.0 Å². The van der Waals surface area contributed by atoms with E-state index in [4.69, 9.17) is 4.74 Å². The highest BCUT2D eigenvalue weighted by Crippen LogP contribution is 2.21. The molecular formula is C21H29NO2S2. The van der Waals surface area contributed by atoms with Crippen molar-refractivity contribution in [3.8, 4) is 0 Å². The molecule has 142 valence electrons. The maximum absolute atomic E-state index is 12.0. The molecule has 0 aliphatic heterocycles. The van der Waals surface area contributed by atoms with E-state index in [9.17, 15) is 4.79 Å². The molecule has 1 aromatic heterocycles. The van der Waals surface area contributed by atoms with Gasteiger partial charge in [-0.1, -0.05) is 30.3 Å². The Bertz CT molecular complexity index is 662. The number of carbonyl (C=O) groups is 1. The Hall–Kier alpha value is -1.30. The maximum Gasteiger partial charge on any atom is 0.348 e. The highest BCUT2D eigenvalue weighted by Gasteiger charge is 2.19. The number of hydrogen-bond acceptors (Lipinski definition) is 5. The summed E-state index contributed by atoms with van der Waals surface area (Å²) in [4.78, 5) is 14.0. The molecule has 0 radical (unpaired) electrons. The Balaban J connectivity index is 1.54. The molecule has 0 saturated heterocycles. The summed E-state index contributed by atoms with van der Waals surface area (Å²) in [5.74, 6) is 1.98. The van der Waals surface area contributed by atoms with Gasteiger partial charge in [-0.05, 0) is 57.9 Å². The fourth-order valence-corrected chi connectivity index (χ4v) is 4.16. The summed E-state index contributed by atoms with van der Waals surface area (Å²) < 4.78 is 5.41. The zero-order valence-electron chi connectivity index (χ0n) is 15.9. The standard InChI is InChI=1S/C21H29NO2S2/c1-21(2,3)24-20(23)19-12-11-18(26-19)10-7-13-22-14-15-25-16-17-8-5-4-6-9-17/h4-6,8-9,11-12,22H,7,10,13-16H2,1-3H3. The van der Waals surface area contributed by atoms with Gasteiger partial charge >= 0.3 is 5.97 Å². The summed E-state index contributed by atoms with van der Waals surface area (Å²) in [7, 11) is 0. The minimum atomic E-state index is -0.441. The van der Waals surface area contributed by atoms with Crippen LogP contribution in [0.25, 0.3) is 0 Å². The molecule has 0 atom stereocenters. The highest BCUT2D eigenvalue weighted by atomic mass is 32.2. The van der Waals surface area contributed by atoms with Gasteiger partial charge in [0.05, 0.1) is 0 Å². The van der Waals surface area contributed by atoms with Crippen LogP contribution >= 0.6 is 23.1 Å². The summed E-state index contributed by atoms with van der Waals surface area (Å²) >= 11 is 3.50. The molecule has 3 nitrogen and oxygen atoms in total. The smallest absolute Gasteiger partial charge is 0.348 e. The van der Waals surface area contributed by atoms with E-state index in [0.717, 1.165) is 37.4 Å². The van der Waals surface area contributed by atoms with Crippen LogP contribution < -0.4 is 5.32 Å². The van der Waals surface area contributed by atoms with Crippen molar-refractivity contribution >= 4 is 29.1 Å². The van der Waals surface area contributed by atoms with Crippen LogP contribution in [0.3, 0.4) is 0 Å². The van der Waals surface area contributed by atoms with Crippen molar-refractivity contribution in [1.82, 2.24) is 5.32 Å². The van der Waals surface area contributed by atoms with E-state index in [-0.39, 0.29) is 5.97 Å². The summed E-state index contributed by atoms with van der Waals surface area (Å²) in [6.07, 6.45) is 2.08. The average Bonchev–Trinajstić information content (AvgIpc) is 3.06. The van der Waals surface area contributed by atoms with Crippen LogP contribution in [0.15, 0.2) is 42.5 Å². The molecule has 0 spiro atoms. The number of thioether (sulfide) groups is 1. The van der Waals surface area contributed by atoms with Gasteiger partial charge in [-0.2, -0.15) is 11.8 Å². The van der Waals surface area contributed by atoms with E-state index < -0.39 is 5.60 Å². The Morgan fingerprint density at radius 2 is 1.88 bits per heavy atom. The van der Waals surface area contributed by atoms with E-state index in [1.807, 2.05) is 44.7 Å². The van der Waals surface area contributed by atoms with Gasteiger partial charge in [0.2, 0.25) is 0 Å². The van der Waals surface area contributed by atoms with Crippen LogP contribution in [-0.4, -0.2) is 30.4 Å². The van der Waals surface area contributed by atoms with Crippen molar-refractivity contribution in [2.24, 2.45) is 0 Å². The molecule has 1 heterocycles. The van der Waals surface area contributed by atoms with Gasteiger partial charge in [0.25, 0.3) is 0 Å². The lowest BCUT2D eigenvalue weighted by molar-refractivity contribution is 0.00752. The lowest BCUT2D eigenvalue weighted by Gasteiger charge is -2.18. The second-order valence-electron chi connectivity index (χ2n) is 7.16. The monoisotopic (exact) mass is 391 g/mol. The second kappa shape index (κ2) is 10.8. The molecule has 5 heteroatoms. The van der Waals surface area contributed by atoms with Crippen LogP contribution in [-0.2, 0) is 16.9 Å². The van der Waals surface area contributed by atoms with Gasteiger partial charge in [0.1, 0.15) is 10.5 Å². The summed E-state index contributed by atoms with van der Waals surface area (Å²) in [5.41, 5.74) is 0.944. The van der Waals surface area contributed by atoms with Crippen LogP contribution in [0, 0.1) is 0 Å². The minimum Gasteiger partial charge on any atom is -0.456 e. The Kier molecular flexibility index (Phi) is 8.69. The molecule has 0 bridgehead atoms. The Labute approximate surface area is 165 Å². The number of ether oxygens (including phenoxy) is 1. The first kappa shape index (κ1) is 21.0. The lowest BCUT2D eigenvalue weighted by atomic mass is 10.2.